The van der Waals surface area contributed by atoms with Gasteiger partial charge in [-0.15, -0.1) is 0 Å². The lowest BCUT2D eigenvalue weighted by molar-refractivity contribution is 0.0588. The maximum absolute atomic E-state index is 16.1. The van der Waals surface area contributed by atoms with Crippen LogP contribution >= 0.6 is 0 Å². The van der Waals surface area contributed by atoms with Crippen LogP contribution in [0.3, 0.4) is 0 Å². The molecule has 2 fully saturated rings. The number of aromatic nitrogens is 4. The van der Waals surface area contributed by atoms with Crippen LogP contribution in [0, 0.1) is 17.0 Å². The summed E-state index contributed by atoms with van der Waals surface area (Å²) < 4.78 is 38.7. The van der Waals surface area contributed by atoms with Crippen molar-refractivity contribution < 1.29 is 28.2 Å². The fraction of sp³-hybridized carbons (Fsp3) is 0.400. The predicted molar refractivity (Wildman–Crippen MR) is 182 cm³/mol. The van der Waals surface area contributed by atoms with Gasteiger partial charge in [0, 0.05) is 74.4 Å². The summed E-state index contributed by atoms with van der Waals surface area (Å²) in [5, 5.41) is 10.0. The number of anilines is 2. The van der Waals surface area contributed by atoms with Crippen molar-refractivity contribution in [1.82, 2.24) is 24.4 Å². The number of pyridine rings is 3. The lowest BCUT2D eigenvalue weighted by Gasteiger charge is -2.25. The fourth-order valence-electron chi connectivity index (χ4n) is 7.40. The molecule has 256 valence electrons. The molecule has 1 spiro atoms. The van der Waals surface area contributed by atoms with Crippen LogP contribution in [0.5, 0.6) is 0 Å². The molecular weight excluding hydrogens is 636 g/mol. The summed E-state index contributed by atoms with van der Waals surface area (Å²) in [5.74, 6) is -3.62. The molecule has 5 aromatic rings. The number of hydrogen-bond acceptors (Lipinski definition) is 8. The Labute approximate surface area is 279 Å². The van der Waals surface area contributed by atoms with Gasteiger partial charge in [-0.05, 0) is 53.8 Å². The number of aromatic amines is 1. The highest BCUT2D eigenvalue weighted by Crippen LogP contribution is 2.57. The van der Waals surface area contributed by atoms with E-state index < -0.39 is 40.3 Å². The minimum atomic E-state index is -1.36. The lowest BCUT2D eigenvalue weighted by atomic mass is 10.0. The van der Waals surface area contributed by atoms with Crippen molar-refractivity contribution in [2.45, 2.75) is 45.3 Å². The topological polar surface area (TPSA) is 137 Å². The number of nitrogens with zero attached hydrogens (tertiary/aromatic N) is 6. The Morgan fingerprint density at radius 2 is 1.86 bits per heavy atom. The normalized spacial score (nSPS) is 19.1. The van der Waals surface area contributed by atoms with Crippen LogP contribution in [0.4, 0.5) is 25.0 Å². The number of rotatable bonds is 5. The molecule has 4 aromatic heterocycles. The summed E-state index contributed by atoms with van der Waals surface area (Å²) >= 11 is 0. The first kappa shape index (κ1) is 32.4. The van der Waals surface area contributed by atoms with Gasteiger partial charge in [0.15, 0.2) is 11.6 Å². The van der Waals surface area contributed by atoms with Gasteiger partial charge in [-0.25, -0.2) is 28.3 Å². The van der Waals surface area contributed by atoms with E-state index in [0.29, 0.717) is 41.3 Å². The molecule has 5 heterocycles. The Balaban J connectivity index is 1.50. The number of nitrogens with one attached hydrogen (secondary N) is 1. The van der Waals surface area contributed by atoms with Crippen LogP contribution in [0.25, 0.3) is 44.1 Å². The number of benzene rings is 1. The van der Waals surface area contributed by atoms with Gasteiger partial charge in [-0.2, -0.15) is 0 Å². The minimum absolute atomic E-state index is 0.0162. The zero-order valence-corrected chi connectivity index (χ0v) is 28.3. The number of carbonyl (C=O) groups is 2. The summed E-state index contributed by atoms with van der Waals surface area (Å²) in [7, 11) is 7.13. The third kappa shape index (κ3) is 5.16. The van der Waals surface area contributed by atoms with E-state index in [2.05, 4.69) is 24.8 Å². The van der Waals surface area contributed by atoms with Gasteiger partial charge in [0.25, 0.3) is 0 Å². The third-order valence-corrected chi connectivity index (χ3v) is 9.80. The van der Waals surface area contributed by atoms with Crippen molar-refractivity contribution in [3.8, 4) is 11.1 Å². The van der Waals surface area contributed by atoms with Crippen LogP contribution < -0.4 is 15.2 Å². The molecule has 7 rings (SSSR count). The van der Waals surface area contributed by atoms with Crippen LogP contribution in [0.2, 0.25) is 0 Å². The van der Waals surface area contributed by atoms with Crippen molar-refractivity contribution in [3.05, 3.63) is 58.1 Å². The maximum atomic E-state index is 16.1. The van der Waals surface area contributed by atoms with Crippen molar-refractivity contribution in [2.24, 2.45) is 12.5 Å². The number of ether oxygens (including phenoxy) is 1. The van der Waals surface area contributed by atoms with Crippen LogP contribution in [-0.2, 0) is 11.8 Å². The van der Waals surface area contributed by atoms with Crippen LogP contribution in [0.15, 0.2) is 35.5 Å². The van der Waals surface area contributed by atoms with Gasteiger partial charge in [0.1, 0.15) is 22.5 Å². The van der Waals surface area contributed by atoms with Gasteiger partial charge < -0.3 is 29.2 Å². The molecule has 1 unspecified atom stereocenters. The van der Waals surface area contributed by atoms with E-state index in [1.165, 1.54) is 17.8 Å². The smallest absolute Gasteiger partial charge is 0.414 e. The molecule has 2 atom stereocenters. The van der Waals surface area contributed by atoms with Crippen LogP contribution in [0.1, 0.15) is 44.0 Å². The fourth-order valence-corrected chi connectivity index (χ4v) is 7.40. The molecule has 12 nitrogen and oxygen atoms in total. The van der Waals surface area contributed by atoms with E-state index in [1.54, 1.807) is 46.3 Å². The Bertz CT molecular complexity index is 2290. The summed E-state index contributed by atoms with van der Waals surface area (Å²) in [6.45, 7) is 6.40. The number of H-pyrrole nitrogens is 1. The minimum Gasteiger partial charge on any atom is -0.477 e. The summed E-state index contributed by atoms with van der Waals surface area (Å²) in [6, 6.07) is 2.89. The average molecular weight is 674 g/mol. The monoisotopic (exact) mass is 673 g/mol. The second kappa shape index (κ2) is 11.0. The molecule has 14 heteroatoms. The van der Waals surface area contributed by atoms with Gasteiger partial charge in [0.2, 0.25) is 5.43 Å². The summed E-state index contributed by atoms with van der Waals surface area (Å²) in [4.78, 5) is 56.1. The van der Waals surface area contributed by atoms with Gasteiger partial charge >= 0.3 is 12.1 Å². The second-order valence-corrected chi connectivity index (χ2v) is 14.5. The standard InChI is InChI=1S/C35H37F2N7O5/c1-34(2,3)49-33(48)43(7)22-11-21(36)26(37)24-25-28(44-9-8-35(16-44)12-23(35)41(4)5)19(14-38-30(25)40-27(22)24)17-10-18-29(45)20(32(46)47)15-42(6)31(18)39-13-17/h10-11,13-15,23H,8-9,12,16H2,1-7H3,(H,38,40)(H,46,47)/t23-,35?/m0/s1. The second-order valence-electron chi connectivity index (χ2n) is 14.5. The van der Waals surface area contributed by atoms with Gasteiger partial charge in [0.05, 0.1) is 33.1 Å². The number of hydrogen-bond donors (Lipinski definition) is 2. The molecule has 1 aliphatic carbocycles. The van der Waals surface area contributed by atoms with E-state index in [0.717, 1.165) is 23.8 Å². The number of carboxylic acids is 1. The number of aryl methyl sites for hydroxylation is 1. The van der Waals surface area contributed by atoms with Gasteiger partial charge in [-0.1, -0.05) is 0 Å². The van der Waals surface area contributed by atoms with E-state index in [4.69, 9.17) is 4.74 Å². The molecule has 1 amide bonds. The quantitative estimate of drug-likeness (QED) is 0.248. The summed E-state index contributed by atoms with van der Waals surface area (Å²) in [5.41, 5.74) is 0.428. The molecule has 2 aliphatic rings. The first-order valence-electron chi connectivity index (χ1n) is 15.9. The largest absolute Gasteiger partial charge is 0.477 e. The molecule has 49 heavy (non-hydrogen) atoms. The SMILES string of the molecule is CN(C(=O)OC(C)(C)C)c1cc(F)c(F)c2c1[nH]c1ncc(-c3cnc4c(c3)c(=O)c(C(=O)O)cn4C)c(N3CCC4(C[C@@H]4N(C)C)C3)c12. The molecule has 1 saturated carbocycles. The Morgan fingerprint density at radius 3 is 2.51 bits per heavy atom. The zero-order valence-electron chi connectivity index (χ0n) is 28.3. The van der Waals surface area contributed by atoms with E-state index in [-0.39, 0.29) is 38.7 Å². The Kier molecular flexibility index (Phi) is 7.25. The van der Waals surface area contributed by atoms with E-state index in [9.17, 15) is 19.5 Å². The predicted octanol–water partition coefficient (Wildman–Crippen LogP) is 5.51. The van der Waals surface area contributed by atoms with Gasteiger partial charge in [-0.3, -0.25) is 9.69 Å². The van der Waals surface area contributed by atoms with Crippen molar-refractivity contribution in [1.29, 1.82) is 0 Å². The van der Waals surface area contributed by atoms with Crippen molar-refractivity contribution in [2.75, 3.05) is 44.0 Å². The van der Waals surface area contributed by atoms with E-state index in [1.807, 2.05) is 14.1 Å². The highest BCUT2D eigenvalue weighted by Gasteiger charge is 2.58. The van der Waals surface area contributed by atoms with E-state index >= 15 is 8.78 Å². The molecule has 1 aromatic carbocycles. The molecule has 1 aliphatic heterocycles. The molecular formula is C35H37F2N7O5. The number of aromatic carboxylic acids is 1. The number of fused-ring (bicyclic) bond motifs is 4. The number of amides is 1. The number of carboxylic acid groups (broad SMARTS) is 1. The molecule has 0 bridgehead atoms. The van der Waals surface area contributed by atoms with Crippen LogP contribution in [-0.4, -0.2) is 87.5 Å². The first-order chi connectivity index (χ1) is 23.0. The summed E-state index contributed by atoms with van der Waals surface area (Å²) in [6.07, 6.45) is 5.51. The first-order valence-corrected chi connectivity index (χ1v) is 15.9. The highest BCUT2D eigenvalue weighted by atomic mass is 19.2. The van der Waals surface area contributed by atoms with Crippen molar-refractivity contribution >= 4 is 56.4 Å². The molecule has 1 saturated heterocycles. The Hall–Kier alpha value is -5.11. The number of carbonyl (C=O) groups excluding carboxylic acids is 1. The Morgan fingerprint density at radius 1 is 1.12 bits per heavy atom. The average Bonchev–Trinajstić information content (AvgIpc) is 3.37. The lowest BCUT2D eigenvalue weighted by Crippen LogP contribution is -2.34. The number of halogens is 2. The van der Waals surface area contributed by atoms with Crippen molar-refractivity contribution in [3.63, 3.8) is 0 Å². The zero-order chi connectivity index (χ0) is 35.3. The molecule has 2 N–H and O–H groups in total. The molecule has 0 radical (unpaired) electrons. The maximum Gasteiger partial charge on any atom is 0.414 e. The highest BCUT2D eigenvalue weighted by molar-refractivity contribution is 6.19. The third-order valence-electron chi connectivity index (χ3n) is 9.80.